The van der Waals surface area contributed by atoms with E-state index in [1.807, 2.05) is 30.3 Å². The lowest BCUT2D eigenvalue weighted by Gasteiger charge is -2.10. The zero-order valence-corrected chi connectivity index (χ0v) is 9.57. The molecule has 18 heavy (non-hydrogen) atoms. The minimum absolute atomic E-state index is 0.0498. The van der Waals surface area contributed by atoms with E-state index >= 15 is 0 Å². The Bertz CT molecular complexity index is 411. The van der Waals surface area contributed by atoms with Crippen molar-refractivity contribution in [2.24, 2.45) is 0 Å². The van der Waals surface area contributed by atoms with Gasteiger partial charge in [-0.1, -0.05) is 30.3 Å². The van der Waals surface area contributed by atoms with Gasteiger partial charge in [0.25, 0.3) is 0 Å². The van der Waals surface area contributed by atoms with E-state index in [1.54, 1.807) is 0 Å². The largest absolute Gasteiger partial charge is 0.456 e. The van der Waals surface area contributed by atoms with Gasteiger partial charge in [0.05, 0.1) is 19.6 Å². The first-order valence-electron chi connectivity index (χ1n) is 5.55. The maximum absolute atomic E-state index is 12.8. The average molecular weight is 257 g/mol. The van der Waals surface area contributed by atoms with Gasteiger partial charge < -0.3 is 4.74 Å². The Labute approximate surface area is 103 Å². The summed E-state index contributed by atoms with van der Waals surface area (Å²) >= 11 is 0. The van der Waals surface area contributed by atoms with Gasteiger partial charge in [-0.3, -0.25) is 4.84 Å². The van der Waals surface area contributed by atoms with E-state index < -0.39 is 24.4 Å². The molecule has 1 aromatic carbocycles. The van der Waals surface area contributed by atoms with Crippen LogP contribution in [-0.4, -0.2) is 24.5 Å². The molecule has 4 nitrogen and oxygen atoms in total. The molecule has 1 heterocycles. The van der Waals surface area contributed by atoms with E-state index in [2.05, 4.69) is 10.2 Å². The van der Waals surface area contributed by atoms with Crippen LogP contribution in [0.2, 0.25) is 0 Å². The molecule has 6 heteroatoms. The van der Waals surface area contributed by atoms with Crippen molar-refractivity contribution >= 4 is 5.97 Å². The minimum atomic E-state index is -3.37. The van der Waals surface area contributed by atoms with E-state index in [-0.39, 0.29) is 6.54 Å². The fraction of sp³-hybridized carbons (Fsp3) is 0.417. The SMILES string of the molecule is O=C1OC(CNOCc2ccccc2)CC1(F)F. The predicted octanol–water partition coefficient (Wildman–Crippen LogP) is 1.66. The number of hydrogen-bond donors (Lipinski definition) is 1. The second kappa shape index (κ2) is 5.41. The van der Waals surface area contributed by atoms with E-state index in [0.717, 1.165) is 5.56 Å². The minimum Gasteiger partial charge on any atom is -0.456 e. The maximum Gasteiger partial charge on any atom is 0.377 e. The Hall–Kier alpha value is -1.53. The molecule has 0 aromatic heterocycles. The summed E-state index contributed by atoms with van der Waals surface area (Å²) in [5, 5.41) is 0. The highest BCUT2D eigenvalue weighted by Gasteiger charge is 2.50. The molecule has 1 unspecified atom stereocenters. The lowest BCUT2D eigenvalue weighted by atomic mass is 10.2. The quantitative estimate of drug-likeness (QED) is 0.495. The maximum atomic E-state index is 12.8. The molecule has 0 saturated carbocycles. The number of cyclic esters (lactones) is 1. The third-order valence-electron chi connectivity index (χ3n) is 2.55. The highest BCUT2D eigenvalue weighted by molar-refractivity contribution is 5.79. The molecule has 0 bridgehead atoms. The molecule has 1 saturated heterocycles. The summed E-state index contributed by atoms with van der Waals surface area (Å²) in [5.74, 6) is -4.83. The molecule has 1 atom stereocenters. The van der Waals surface area contributed by atoms with Crippen molar-refractivity contribution in [3.05, 3.63) is 35.9 Å². The Morgan fingerprint density at radius 2 is 2.11 bits per heavy atom. The van der Waals surface area contributed by atoms with Gasteiger partial charge in [0.2, 0.25) is 0 Å². The fourth-order valence-electron chi connectivity index (χ4n) is 1.62. The second-order valence-electron chi connectivity index (χ2n) is 4.06. The van der Waals surface area contributed by atoms with Gasteiger partial charge in [0, 0.05) is 0 Å². The first-order chi connectivity index (χ1) is 8.58. The lowest BCUT2D eigenvalue weighted by Crippen LogP contribution is -2.27. The van der Waals surface area contributed by atoms with Gasteiger partial charge in [0.1, 0.15) is 6.10 Å². The standard InChI is InChI=1S/C12H13F2NO3/c13-12(14)6-10(18-11(12)16)7-15-17-8-9-4-2-1-3-5-9/h1-5,10,15H,6-8H2. The number of esters is 1. The Morgan fingerprint density at radius 1 is 1.39 bits per heavy atom. The van der Waals surface area contributed by atoms with Crippen LogP contribution in [0.15, 0.2) is 30.3 Å². The molecule has 0 aliphatic carbocycles. The van der Waals surface area contributed by atoms with Crippen LogP contribution < -0.4 is 5.48 Å². The van der Waals surface area contributed by atoms with Crippen LogP contribution in [0.1, 0.15) is 12.0 Å². The van der Waals surface area contributed by atoms with Gasteiger partial charge in [-0.05, 0) is 5.56 Å². The number of benzene rings is 1. The number of alkyl halides is 2. The molecule has 0 spiro atoms. The number of carbonyl (C=O) groups is 1. The van der Waals surface area contributed by atoms with E-state index in [9.17, 15) is 13.6 Å². The number of hydrogen-bond acceptors (Lipinski definition) is 4. The van der Waals surface area contributed by atoms with Crippen LogP contribution in [-0.2, 0) is 21.0 Å². The molecule has 1 aliphatic rings. The summed E-state index contributed by atoms with van der Waals surface area (Å²) < 4.78 is 30.1. The zero-order valence-electron chi connectivity index (χ0n) is 9.57. The van der Waals surface area contributed by atoms with Gasteiger partial charge >= 0.3 is 11.9 Å². The monoisotopic (exact) mass is 257 g/mol. The molecule has 2 rings (SSSR count). The van der Waals surface area contributed by atoms with Crippen molar-refractivity contribution in [2.75, 3.05) is 6.54 Å². The van der Waals surface area contributed by atoms with Crippen molar-refractivity contribution < 1.29 is 23.1 Å². The lowest BCUT2D eigenvalue weighted by molar-refractivity contribution is -0.159. The first kappa shape index (κ1) is 12.9. The highest BCUT2D eigenvalue weighted by Crippen LogP contribution is 2.30. The summed E-state index contributed by atoms with van der Waals surface area (Å²) in [7, 11) is 0. The summed E-state index contributed by atoms with van der Waals surface area (Å²) in [5.41, 5.74) is 3.48. The summed E-state index contributed by atoms with van der Waals surface area (Å²) in [6, 6.07) is 9.39. The number of ether oxygens (including phenoxy) is 1. The van der Waals surface area contributed by atoms with Crippen LogP contribution in [0, 0.1) is 0 Å². The van der Waals surface area contributed by atoms with E-state index in [0.29, 0.717) is 6.61 Å². The molecule has 0 amide bonds. The molecule has 0 radical (unpaired) electrons. The van der Waals surface area contributed by atoms with Gasteiger partial charge in [-0.2, -0.15) is 14.3 Å². The van der Waals surface area contributed by atoms with Crippen molar-refractivity contribution in [3.8, 4) is 0 Å². The molecular formula is C12H13F2NO3. The molecular weight excluding hydrogens is 244 g/mol. The summed E-state index contributed by atoms with van der Waals surface area (Å²) in [6.07, 6.45) is -1.45. The molecule has 98 valence electrons. The van der Waals surface area contributed by atoms with Gasteiger partial charge in [-0.25, -0.2) is 4.79 Å². The van der Waals surface area contributed by atoms with Crippen LogP contribution in [0.5, 0.6) is 0 Å². The van der Waals surface area contributed by atoms with Crippen LogP contribution >= 0.6 is 0 Å². The molecule has 1 N–H and O–H groups in total. The van der Waals surface area contributed by atoms with Crippen LogP contribution in [0.25, 0.3) is 0 Å². The number of rotatable bonds is 5. The van der Waals surface area contributed by atoms with E-state index in [1.165, 1.54) is 0 Å². The second-order valence-corrected chi connectivity index (χ2v) is 4.06. The predicted molar refractivity (Wildman–Crippen MR) is 58.7 cm³/mol. The summed E-state index contributed by atoms with van der Waals surface area (Å²) in [4.78, 5) is 15.8. The molecule has 1 fully saturated rings. The van der Waals surface area contributed by atoms with Crippen molar-refractivity contribution in [2.45, 2.75) is 25.1 Å². The topological polar surface area (TPSA) is 47.6 Å². The number of carbonyl (C=O) groups excluding carboxylic acids is 1. The third-order valence-corrected chi connectivity index (χ3v) is 2.55. The number of hydroxylamine groups is 1. The Balaban J connectivity index is 1.67. The Morgan fingerprint density at radius 3 is 2.72 bits per heavy atom. The van der Waals surface area contributed by atoms with Crippen molar-refractivity contribution in [3.63, 3.8) is 0 Å². The first-order valence-corrected chi connectivity index (χ1v) is 5.55. The fourth-order valence-corrected chi connectivity index (χ4v) is 1.62. The molecule has 1 aliphatic heterocycles. The normalized spacial score (nSPS) is 21.9. The summed E-state index contributed by atoms with van der Waals surface area (Å²) in [6.45, 7) is 0.367. The van der Waals surface area contributed by atoms with Crippen LogP contribution in [0.4, 0.5) is 8.78 Å². The Kier molecular flexibility index (Phi) is 3.88. The smallest absolute Gasteiger partial charge is 0.377 e. The van der Waals surface area contributed by atoms with Crippen LogP contribution in [0.3, 0.4) is 0 Å². The zero-order chi connectivity index (χ0) is 13.0. The number of halogens is 2. The van der Waals surface area contributed by atoms with E-state index in [4.69, 9.17) is 4.84 Å². The van der Waals surface area contributed by atoms with Gasteiger partial charge in [0.15, 0.2) is 0 Å². The van der Waals surface area contributed by atoms with Crippen molar-refractivity contribution in [1.82, 2.24) is 5.48 Å². The highest BCUT2D eigenvalue weighted by atomic mass is 19.3. The molecule has 1 aromatic rings. The third kappa shape index (κ3) is 3.24. The number of nitrogens with one attached hydrogen (secondary N) is 1. The average Bonchev–Trinajstić information content (AvgIpc) is 2.60. The van der Waals surface area contributed by atoms with Crippen molar-refractivity contribution in [1.29, 1.82) is 0 Å². The van der Waals surface area contributed by atoms with Gasteiger partial charge in [-0.15, -0.1) is 0 Å².